The second kappa shape index (κ2) is 7.68. The maximum Gasteiger partial charge on any atom is 0.335 e. The van der Waals surface area contributed by atoms with Gasteiger partial charge in [0.2, 0.25) is 0 Å². The molecule has 0 amide bonds. The summed E-state index contributed by atoms with van der Waals surface area (Å²) >= 11 is 0. The van der Waals surface area contributed by atoms with Gasteiger partial charge in [-0.3, -0.25) is 0 Å². The molecule has 0 aliphatic rings. The molecule has 0 bridgehead atoms. The molecule has 0 aliphatic carbocycles. The summed E-state index contributed by atoms with van der Waals surface area (Å²) in [5.41, 5.74) is 0.272. The van der Waals surface area contributed by atoms with Crippen LogP contribution in [-0.4, -0.2) is 30.9 Å². The van der Waals surface area contributed by atoms with Crippen LogP contribution in [-0.2, 0) is 4.74 Å². The van der Waals surface area contributed by atoms with E-state index in [1.165, 1.54) is 12.1 Å². The van der Waals surface area contributed by atoms with Gasteiger partial charge in [-0.2, -0.15) is 0 Å². The summed E-state index contributed by atoms with van der Waals surface area (Å²) in [5, 5.41) is 8.72. The fraction of sp³-hybridized carbons (Fsp3) is 0.462. The Morgan fingerprint density at radius 2 is 1.82 bits per heavy atom. The molecule has 1 rings (SSSR count). The van der Waals surface area contributed by atoms with Crippen molar-refractivity contribution in [2.75, 3.05) is 19.8 Å². The lowest BCUT2D eigenvalue weighted by Gasteiger charge is -2.06. The van der Waals surface area contributed by atoms with Gasteiger partial charge in [-0.05, 0) is 44.0 Å². The Morgan fingerprint density at radius 1 is 1.18 bits per heavy atom. The van der Waals surface area contributed by atoms with Crippen LogP contribution in [0.1, 0.15) is 30.1 Å². The van der Waals surface area contributed by atoms with Crippen LogP contribution >= 0.6 is 0 Å². The molecule has 4 nitrogen and oxygen atoms in total. The highest BCUT2D eigenvalue weighted by molar-refractivity contribution is 5.87. The molecule has 0 atom stereocenters. The lowest BCUT2D eigenvalue weighted by molar-refractivity contribution is 0.0697. The van der Waals surface area contributed by atoms with Crippen LogP contribution in [0.25, 0.3) is 0 Å². The monoisotopic (exact) mass is 238 g/mol. The van der Waals surface area contributed by atoms with Crippen molar-refractivity contribution in [3.05, 3.63) is 29.8 Å². The van der Waals surface area contributed by atoms with E-state index in [1.54, 1.807) is 12.1 Å². The number of carboxylic acids is 1. The first-order valence-corrected chi connectivity index (χ1v) is 5.78. The van der Waals surface area contributed by atoms with Crippen LogP contribution in [0.5, 0.6) is 5.75 Å². The summed E-state index contributed by atoms with van der Waals surface area (Å²) in [6, 6.07) is 6.42. The normalized spacial score (nSPS) is 10.2. The molecule has 0 unspecified atom stereocenters. The van der Waals surface area contributed by atoms with E-state index in [0.717, 1.165) is 26.1 Å². The van der Waals surface area contributed by atoms with Gasteiger partial charge in [0.25, 0.3) is 0 Å². The van der Waals surface area contributed by atoms with Crippen molar-refractivity contribution in [3.63, 3.8) is 0 Å². The minimum Gasteiger partial charge on any atom is -0.494 e. The SMILES string of the molecule is CCOCCCCOc1ccc(C(=O)O)cc1. The van der Waals surface area contributed by atoms with E-state index < -0.39 is 5.97 Å². The van der Waals surface area contributed by atoms with E-state index >= 15 is 0 Å². The van der Waals surface area contributed by atoms with Gasteiger partial charge in [-0.15, -0.1) is 0 Å². The number of hydrogen-bond donors (Lipinski definition) is 1. The van der Waals surface area contributed by atoms with E-state index in [2.05, 4.69) is 0 Å². The Kier molecular flexibility index (Phi) is 6.10. The van der Waals surface area contributed by atoms with Gasteiger partial charge >= 0.3 is 5.97 Å². The summed E-state index contributed by atoms with van der Waals surface area (Å²) in [6.45, 7) is 4.11. The van der Waals surface area contributed by atoms with E-state index in [-0.39, 0.29) is 5.56 Å². The van der Waals surface area contributed by atoms with Gasteiger partial charge in [0.05, 0.1) is 12.2 Å². The Hall–Kier alpha value is -1.55. The van der Waals surface area contributed by atoms with Gasteiger partial charge < -0.3 is 14.6 Å². The maximum atomic E-state index is 10.6. The Labute approximate surface area is 101 Å². The minimum atomic E-state index is -0.923. The zero-order valence-electron chi connectivity index (χ0n) is 10.0. The highest BCUT2D eigenvalue weighted by Gasteiger charge is 2.01. The number of ether oxygens (including phenoxy) is 2. The Bertz CT molecular complexity index is 332. The number of aromatic carboxylic acids is 1. The van der Waals surface area contributed by atoms with E-state index in [9.17, 15) is 4.79 Å². The highest BCUT2D eigenvalue weighted by atomic mass is 16.5. The minimum absolute atomic E-state index is 0.272. The van der Waals surface area contributed by atoms with Crippen molar-refractivity contribution < 1.29 is 19.4 Å². The number of rotatable bonds is 8. The maximum absolute atomic E-state index is 10.6. The molecule has 17 heavy (non-hydrogen) atoms. The van der Waals surface area contributed by atoms with Crippen molar-refractivity contribution in [2.24, 2.45) is 0 Å². The molecule has 94 valence electrons. The number of hydrogen-bond acceptors (Lipinski definition) is 3. The van der Waals surface area contributed by atoms with Gasteiger partial charge in [-0.25, -0.2) is 4.79 Å². The summed E-state index contributed by atoms with van der Waals surface area (Å²) < 4.78 is 10.7. The fourth-order valence-corrected chi connectivity index (χ4v) is 1.33. The van der Waals surface area contributed by atoms with Crippen molar-refractivity contribution >= 4 is 5.97 Å². The van der Waals surface area contributed by atoms with Crippen LogP contribution in [0.3, 0.4) is 0 Å². The van der Waals surface area contributed by atoms with Gasteiger partial charge in [-0.1, -0.05) is 0 Å². The average molecular weight is 238 g/mol. The molecule has 0 saturated carbocycles. The molecule has 0 aromatic heterocycles. The molecule has 0 radical (unpaired) electrons. The smallest absolute Gasteiger partial charge is 0.335 e. The molecular formula is C13H18O4. The predicted molar refractivity (Wildman–Crippen MR) is 64.6 cm³/mol. The lowest BCUT2D eigenvalue weighted by atomic mass is 10.2. The van der Waals surface area contributed by atoms with Gasteiger partial charge in [0.15, 0.2) is 0 Å². The number of carbonyl (C=O) groups is 1. The van der Waals surface area contributed by atoms with Crippen LogP contribution in [0.4, 0.5) is 0 Å². The van der Waals surface area contributed by atoms with Crippen molar-refractivity contribution in [2.45, 2.75) is 19.8 Å². The first-order valence-electron chi connectivity index (χ1n) is 5.78. The summed E-state index contributed by atoms with van der Waals surface area (Å²) in [6.07, 6.45) is 1.90. The third-order valence-corrected chi connectivity index (χ3v) is 2.26. The average Bonchev–Trinajstić information content (AvgIpc) is 2.34. The van der Waals surface area contributed by atoms with Crippen LogP contribution < -0.4 is 4.74 Å². The molecule has 0 aliphatic heterocycles. The summed E-state index contributed by atoms with van der Waals surface area (Å²) in [5.74, 6) is -0.223. The molecule has 0 fully saturated rings. The second-order valence-corrected chi connectivity index (χ2v) is 3.58. The highest BCUT2D eigenvalue weighted by Crippen LogP contribution is 2.12. The summed E-state index contributed by atoms with van der Waals surface area (Å²) in [7, 11) is 0. The Morgan fingerprint density at radius 3 is 2.41 bits per heavy atom. The lowest BCUT2D eigenvalue weighted by Crippen LogP contribution is -2.01. The Balaban J connectivity index is 2.21. The second-order valence-electron chi connectivity index (χ2n) is 3.58. The molecule has 1 aromatic rings. The first kappa shape index (κ1) is 13.5. The van der Waals surface area contributed by atoms with Crippen molar-refractivity contribution in [1.29, 1.82) is 0 Å². The molecule has 0 saturated heterocycles. The van der Waals surface area contributed by atoms with E-state index in [1.807, 2.05) is 6.92 Å². The third kappa shape index (κ3) is 5.36. The zero-order chi connectivity index (χ0) is 12.5. The van der Waals surface area contributed by atoms with Crippen molar-refractivity contribution in [3.8, 4) is 5.75 Å². The topological polar surface area (TPSA) is 55.8 Å². The quantitative estimate of drug-likeness (QED) is 0.707. The number of benzene rings is 1. The standard InChI is InChI=1S/C13H18O4/c1-2-16-9-3-4-10-17-12-7-5-11(6-8-12)13(14)15/h5-8H,2-4,9-10H2,1H3,(H,14,15). The van der Waals surface area contributed by atoms with E-state index in [0.29, 0.717) is 12.4 Å². The predicted octanol–water partition coefficient (Wildman–Crippen LogP) is 2.58. The zero-order valence-corrected chi connectivity index (χ0v) is 10.0. The molecule has 1 N–H and O–H groups in total. The fourth-order valence-electron chi connectivity index (χ4n) is 1.33. The summed E-state index contributed by atoms with van der Waals surface area (Å²) in [4.78, 5) is 10.6. The largest absolute Gasteiger partial charge is 0.494 e. The molecule has 0 spiro atoms. The molecule has 4 heteroatoms. The van der Waals surface area contributed by atoms with Gasteiger partial charge in [0.1, 0.15) is 5.75 Å². The molecule has 1 aromatic carbocycles. The molecule has 0 heterocycles. The number of unbranched alkanes of at least 4 members (excludes halogenated alkanes) is 1. The van der Waals surface area contributed by atoms with Gasteiger partial charge in [0, 0.05) is 13.2 Å². The van der Waals surface area contributed by atoms with Crippen LogP contribution in [0.15, 0.2) is 24.3 Å². The third-order valence-electron chi connectivity index (χ3n) is 2.26. The van der Waals surface area contributed by atoms with Crippen LogP contribution in [0.2, 0.25) is 0 Å². The molecular weight excluding hydrogens is 220 g/mol. The number of carboxylic acid groups (broad SMARTS) is 1. The van der Waals surface area contributed by atoms with Crippen LogP contribution in [0, 0.1) is 0 Å². The van der Waals surface area contributed by atoms with Crippen molar-refractivity contribution in [1.82, 2.24) is 0 Å². The first-order chi connectivity index (χ1) is 8.24. The van der Waals surface area contributed by atoms with E-state index in [4.69, 9.17) is 14.6 Å².